The highest BCUT2D eigenvalue weighted by Gasteiger charge is 2.35. The summed E-state index contributed by atoms with van der Waals surface area (Å²) < 4.78 is 10.8. The fourth-order valence-corrected chi connectivity index (χ4v) is 3.68. The van der Waals surface area contributed by atoms with Crippen LogP contribution < -0.4 is 20.1 Å². The standard InChI is InChI=1S/C17H21N3O3S/c1-17(10-15(21)20-16-18-6-7-24-16)12-9-14(23-3)13(22-2)8-11(12)4-5-19-17/h6-9,19H,4-5,10H2,1-3H3,(H,18,20,21)/t17-/m1/s1. The van der Waals surface area contributed by atoms with E-state index in [0.29, 0.717) is 23.1 Å². The van der Waals surface area contributed by atoms with Gasteiger partial charge in [-0.3, -0.25) is 4.79 Å². The molecule has 0 saturated heterocycles. The predicted molar refractivity (Wildman–Crippen MR) is 94.0 cm³/mol. The topological polar surface area (TPSA) is 72.5 Å². The summed E-state index contributed by atoms with van der Waals surface area (Å²) >= 11 is 1.41. The summed E-state index contributed by atoms with van der Waals surface area (Å²) in [6.45, 7) is 2.85. The molecule has 1 aliphatic heterocycles. The molecule has 1 aromatic carbocycles. The summed E-state index contributed by atoms with van der Waals surface area (Å²) in [6, 6.07) is 3.98. The molecule has 2 N–H and O–H groups in total. The molecule has 3 rings (SSSR count). The first-order chi connectivity index (χ1) is 11.6. The van der Waals surface area contributed by atoms with Crippen LogP contribution in [0.2, 0.25) is 0 Å². The molecule has 0 aliphatic carbocycles. The van der Waals surface area contributed by atoms with E-state index in [4.69, 9.17) is 9.47 Å². The minimum atomic E-state index is -0.464. The molecule has 1 amide bonds. The lowest BCUT2D eigenvalue weighted by Crippen LogP contribution is -2.47. The maximum Gasteiger partial charge on any atom is 0.228 e. The van der Waals surface area contributed by atoms with Crippen molar-refractivity contribution in [1.82, 2.24) is 10.3 Å². The van der Waals surface area contributed by atoms with Gasteiger partial charge in [0.15, 0.2) is 16.6 Å². The lowest BCUT2D eigenvalue weighted by Gasteiger charge is -2.37. The number of rotatable bonds is 5. The first-order valence-corrected chi connectivity index (χ1v) is 8.63. The molecule has 2 aromatic rings. The van der Waals surface area contributed by atoms with Crippen molar-refractivity contribution in [3.8, 4) is 11.5 Å². The first-order valence-electron chi connectivity index (χ1n) is 7.75. The maximum atomic E-state index is 12.4. The third kappa shape index (κ3) is 3.22. The molecule has 24 heavy (non-hydrogen) atoms. The fraction of sp³-hybridized carbons (Fsp3) is 0.412. The predicted octanol–water partition coefficient (Wildman–Crippen LogP) is 2.55. The van der Waals surface area contributed by atoms with Crippen molar-refractivity contribution >= 4 is 22.4 Å². The zero-order chi connectivity index (χ0) is 17.2. The van der Waals surface area contributed by atoms with Crippen molar-refractivity contribution < 1.29 is 14.3 Å². The number of fused-ring (bicyclic) bond motifs is 1. The highest BCUT2D eigenvalue weighted by atomic mass is 32.1. The van der Waals surface area contributed by atoms with Crippen molar-refractivity contribution in [2.24, 2.45) is 0 Å². The summed E-state index contributed by atoms with van der Waals surface area (Å²) in [5.74, 6) is 1.32. The van der Waals surface area contributed by atoms with Crippen molar-refractivity contribution in [2.75, 3.05) is 26.1 Å². The smallest absolute Gasteiger partial charge is 0.228 e. The third-order valence-corrected chi connectivity index (χ3v) is 4.99. The lowest BCUT2D eigenvalue weighted by molar-refractivity contribution is -0.117. The number of hydrogen-bond acceptors (Lipinski definition) is 6. The zero-order valence-electron chi connectivity index (χ0n) is 14.0. The van der Waals surface area contributed by atoms with Gasteiger partial charge in [-0.05, 0) is 36.6 Å². The van der Waals surface area contributed by atoms with Crippen molar-refractivity contribution in [1.29, 1.82) is 0 Å². The molecule has 128 valence electrons. The number of carbonyl (C=O) groups excluding carboxylic acids is 1. The Kier molecular flexibility index (Phi) is 4.73. The van der Waals surface area contributed by atoms with E-state index in [0.717, 1.165) is 18.5 Å². The van der Waals surface area contributed by atoms with Crippen molar-refractivity contribution in [3.05, 3.63) is 34.8 Å². The van der Waals surface area contributed by atoms with E-state index < -0.39 is 5.54 Å². The minimum absolute atomic E-state index is 0.0671. The van der Waals surface area contributed by atoms with Crippen molar-refractivity contribution in [2.45, 2.75) is 25.3 Å². The number of anilines is 1. The number of nitrogens with zero attached hydrogens (tertiary/aromatic N) is 1. The monoisotopic (exact) mass is 347 g/mol. The Morgan fingerprint density at radius 1 is 1.38 bits per heavy atom. The Morgan fingerprint density at radius 2 is 2.12 bits per heavy atom. The molecule has 0 saturated carbocycles. The van der Waals surface area contributed by atoms with E-state index in [-0.39, 0.29) is 5.91 Å². The van der Waals surface area contributed by atoms with E-state index in [2.05, 4.69) is 15.6 Å². The normalized spacial score (nSPS) is 19.5. The third-order valence-electron chi connectivity index (χ3n) is 4.31. The number of carbonyl (C=O) groups is 1. The van der Waals surface area contributed by atoms with Crippen LogP contribution in [-0.2, 0) is 16.8 Å². The van der Waals surface area contributed by atoms with Gasteiger partial charge in [0.25, 0.3) is 0 Å². The molecule has 6 nitrogen and oxygen atoms in total. The van der Waals surface area contributed by atoms with E-state index in [1.54, 1.807) is 20.4 Å². The van der Waals surface area contributed by atoms with Gasteiger partial charge < -0.3 is 20.1 Å². The number of benzene rings is 1. The fourth-order valence-electron chi connectivity index (χ4n) is 3.14. The highest BCUT2D eigenvalue weighted by Crippen LogP contribution is 2.39. The Labute approximate surface area is 145 Å². The van der Waals surface area contributed by atoms with Crippen LogP contribution in [0, 0.1) is 0 Å². The minimum Gasteiger partial charge on any atom is -0.493 e. The summed E-state index contributed by atoms with van der Waals surface area (Å²) in [5.41, 5.74) is 1.78. The Hall–Kier alpha value is -2.12. The molecule has 0 bridgehead atoms. The molecule has 0 unspecified atom stereocenters. The quantitative estimate of drug-likeness (QED) is 0.870. The summed E-state index contributed by atoms with van der Waals surface area (Å²) in [6.07, 6.45) is 2.88. The molecule has 0 spiro atoms. The van der Waals surface area contributed by atoms with Gasteiger partial charge in [-0.1, -0.05) is 0 Å². The Balaban J connectivity index is 1.87. The second-order valence-corrected chi connectivity index (χ2v) is 6.83. The van der Waals surface area contributed by atoms with E-state index >= 15 is 0 Å². The van der Waals surface area contributed by atoms with Crippen molar-refractivity contribution in [3.63, 3.8) is 0 Å². The second-order valence-electron chi connectivity index (χ2n) is 5.94. The number of aromatic nitrogens is 1. The molecule has 1 aliphatic rings. The Bertz CT molecular complexity index is 733. The number of amides is 1. The number of nitrogens with one attached hydrogen (secondary N) is 2. The number of methoxy groups -OCH3 is 2. The zero-order valence-corrected chi connectivity index (χ0v) is 14.8. The SMILES string of the molecule is COc1cc2c(cc1OC)[C@@](C)(CC(=O)Nc1nccs1)NCC2. The molecule has 1 atom stereocenters. The van der Waals surface area contributed by atoms with Crippen LogP contribution in [0.3, 0.4) is 0 Å². The average Bonchev–Trinajstić information content (AvgIpc) is 3.06. The van der Waals surface area contributed by atoms with Crippen LogP contribution in [0.25, 0.3) is 0 Å². The van der Waals surface area contributed by atoms with Gasteiger partial charge in [0, 0.05) is 30.1 Å². The average molecular weight is 347 g/mol. The largest absolute Gasteiger partial charge is 0.493 e. The second kappa shape index (κ2) is 6.78. The van der Waals surface area contributed by atoms with Crippen LogP contribution in [0.5, 0.6) is 11.5 Å². The van der Waals surface area contributed by atoms with Gasteiger partial charge in [-0.15, -0.1) is 11.3 Å². The van der Waals surface area contributed by atoms with Gasteiger partial charge in [-0.25, -0.2) is 4.98 Å². The molecular formula is C17H21N3O3S. The van der Waals surface area contributed by atoms with E-state index in [9.17, 15) is 4.79 Å². The molecule has 7 heteroatoms. The molecule has 1 aromatic heterocycles. The van der Waals surface area contributed by atoms with E-state index in [1.165, 1.54) is 16.9 Å². The number of thiazole rings is 1. The number of ether oxygens (including phenoxy) is 2. The van der Waals surface area contributed by atoms with Gasteiger partial charge >= 0.3 is 0 Å². The van der Waals surface area contributed by atoms with Crippen LogP contribution in [-0.4, -0.2) is 31.7 Å². The molecule has 2 heterocycles. The van der Waals surface area contributed by atoms with Crippen LogP contribution in [0.1, 0.15) is 24.5 Å². The summed E-state index contributed by atoms with van der Waals surface area (Å²) in [4.78, 5) is 16.5. The van der Waals surface area contributed by atoms with Crippen LogP contribution >= 0.6 is 11.3 Å². The van der Waals surface area contributed by atoms with Gasteiger partial charge in [0.1, 0.15) is 0 Å². The first kappa shape index (κ1) is 16.7. The van der Waals surface area contributed by atoms with Gasteiger partial charge in [0.05, 0.1) is 14.2 Å². The lowest BCUT2D eigenvalue weighted by atomic mass is 9.81. The maximum absolute atomic E-state index is 12.4. The van der Waals surface area contributed by atoms with Gasteiger partial charge in [0.2, 0.25) is 5.91 Å². The molecule has 0 fully saturated rings. The number of hydrogen-bond donors (Lipinski definition) is 2. The molecule has 0 radical (unpaired) electrons. The molecular weight excluding hydrogens is 326 g/mol. The van der Waals surface area contributed by atoms with E-state index in [1.807, 2.05) is 24.4 Å². The van der Waals surface area contributed by atoms with Gasteiger partial charge in [-0.2, -0.15) is 0 Å². The Morgan fingerprint density at radius 3 is 2.79 bits per heavy atom. The highest BCUT2D eigenvalue weighted by molar-refractivity contribution is 7.13. The van der Waals surface area contributed by atoms with Crippen LogP contribution in [0.4, 0.5) is 5.13 Å². The van der Waals surface area contributed by atoms with Crippen LogP contribution in [0.15, 0.2) is 23.7 Å². The summed E-state index contributed by atoms with van der Waals surface area (Å²) in [7, 11) is 3.25. The summed E-state index contributed by atoms with van der Waals surface area (Å²) in [5, 5.41) is 8.78.